The highest BCUT2D eigenvalue weighted by atomic mass is 16.5. The van der Waals surface area contributed by atoms with E-state index < -0.39 is 5.97 Å². The maximum absolute atomic E-state index is 11.2. The summed E-state index contributed by atoms with van der Waals surface area (Å²) < 4.78 is 11.3. The first-order valence-electron chi connectivity index (χ1n) is 4.20. The fraction of sp³-hybridized carbons (Fsp3) is 0.375. The van der Waals surface area contributed by atoms with Gasteiger partial charge in [0.05, 0.1) is 12.8 Å². The number of esters is 1. The summed E-state index contributed by atoms with van der Waals surface area (Å²) in [4.78, 5) is 15.2. The molecule has 14 heavy (non-hydrogen) atoms. The Kier molecular flexibility index (Phi) is 1.95. The van der Waals surface area contributed by atoms with Gasteiger partial charge in [-0.1, -0.05) is 0 Å². The number of nitrogens with zero attached hydrogens (tertiary/aromatic N) is 3. The molecule has 0 spiro atoms. The van der Waals surface area contributed by atoms with Crippen LogP contribution in [-0.4, -0.2) is 27.2 Å². The monoisotopic (exact) mass is 195 g/mol. The van der Waals surface area contributed by atoms with Crippen LogP contribution in [0.25, 0.3) is 5.71 Å². The summed E-state index contributed by atoms with van der Waals surface area (Å²) in [7, 11) is 0. The number of rotatable bonds is 2. The highest BCUT2D eigenvalue weighted by Crippen LogP contribution is 2.08. The third kappa shape index (κ3) is 1.24. The van der Waals surface area contributed by atoms with Crippen molar-refractivity contribution in [2.24, 2.45) is 0 Å². The SMILES string of the molecule is CCOC(=O)c1nn2c(C)ncc2o1. The van der Waals surface area contributed by atoms with Crippen molar-refractivity contribution >= 4 is 11.7 Å². The number of fused-ring (bicyclic) bond motifs is 1. The molecule has 0 aromatic carbocycles. The summed E-state index contributed by atoms with van der Waals surface area (Å²) in [5, 5.41) is 3.90. The number of hydrogen-bond acceptors (Lipinski definition) is 5. The number of carbonyl (C=O) groups is 1. The predicted molar refractivity (Wildman–Crippen MR) is 45.9 cm³/mol. The second kappa shape index (κ2) is 3.13. The van der Waals surface area contributed by atoms with Crippen molar-refractivity contribution in [3.05, 3.63) is 17.9 Å². The Labute approximate surface area is 79.5 Å². The van der Waals surface area contributed by atoms with E-state index in [1.165, 1.54) is 10.7 Å². The first-order valence-corrected chi connectivity index (χ1v) is 4.20. The Morgan fingerprint density at radius 2 is 2.50 bits per heavy atom. The van der Waals surface area contributed by atoms with Crippen LogP contribution < -0.4 is 0 Å². The van der Waals surface area contributed by atoms with Crippen LogP contribution in [0.2, 0.25) is 0 Å². The normalized spacial score (nSPS) is 10.7. The molecule has 0 bridgehead atoms. The average molecular weight is 195 g/mol. The summed E-state index contributed by atoms with van der Waals surface area (Å²) in [5.41, 5.74) is 0.436. The molecule has 2 rings (SSSR count). The summed E-state index contributed by atoms with van der Waals surface area (Å²) >= 11 is 0. The molecule has 0 unspecified atom stereocenters. The number of aromatic nitrogens is 3. The van der Waals surface area contributed by atoms with E-state index in [1.807, 2.05) is 0 Å². The van der Waals surface area contributed by atoms with Gasteiger partial charge in [-0.25, -0.2) is 9.78 Å². The molecule has 2 heterocycles. The molecular formula is C8H9N3O3. The molecule has 0 aliphatic carbocycles. The van der Waals surface area contributed by atoms with Crippen molar-refractivity contribution in [2.45, 2.75) is 13.8 Å². The van der Waals surface area contributed by atoms with Crippen LogP contribution in [0, 0.1) is 6.92 Å². The average Bonchev–Trinajstić information content (AvgIpc) is 2.69. The van der Waals surface area contributed by atoms with E-state index in [2.05, 4.69) is 10.1 Å². The molecule has 0 amide bonds. The largest absolute Gasteiger partial charge is 0.459 e. The molecule has 74 valence electrons. The highest BCUT2D eigenvalue weighted by Gasteiger charge is 2.16. The molecular weight excluding hydrogens is 186 g/mol. The van der Waals surface area contributed by atoms with E-state index >= 15 is 0 Å². The van der Waals surface area contributed by atoms with Gasteiger partial charge in [0, 0.05) is 0 Å². The molecule has 0 atom stereocenters. The number of ether oxygens (including phenoxy) is 1. The first kappa shape index (κ1) is 8.74. The highest BCUT2D eigenvalue weighted by molar-refractivity contribution is 5.84. The van der Waals surface area contributed by atoms with Crippen molar-refractivity contribution in [2.75, 3.05) is 6.61 Å². The van der Waals surface area contributed by atoms with Gasteiger partial charge >= 0.3 is 11.9 Å². The lowest BCUT2D eigenvalue weighted by molar-refractivity contribution is 0.0482. The van der Waals surface area contributed by atoms with E-state index in [1.54, 1.807) is 13.8 Å². The Morgan fingerprint density at radius 1 is 1.71 bits per heavy atom. The molecule has 0 aliphatic heterocycles. The second-order valence-corrected chi connectivity index (χ2v) is 2.68. The zero-order chi connectivity index (χ0) is 10.1. The van der Waals surface area contributed by atoms with Gasteiger partial charge in [-0.2, -0.15) is 4.52 Å². The molecule has 0 N–H and O–H groups in total. The Balaban J connectivity index is 2.40. The molecule has 0 saturated carbocycles. The number of imidazole rings is 1. The molecule has 0 saturated heterocycles. The van der Waals surface area contributed by atoms with Crippen LogP contribution in [0.4, 0.5) is 0 Å². The molecule has 0 aliphatic rings. The van der Waals surface area contributed by atoms with Gasteiger partial charge < -0.3 is 9.15 Å². The third-order valence-electron chi connectivity index (χ3n) is 1.72. The molecule has 0 radical (unpaired) electrons. The van der Waals surface area contributed by atoms with E-state index in [9.17, 15) is 4.79 Å². The Morgan fingerprint density at radius 3 is 3.14 bits per heavy atom. The minimum Gasteiger partial charge on any atom is -0.459 e. The molecule has 2 aromatic rings. The minimum atomic E-state index is -0.560. The van der Waals surface area contributed by atoms with Crippen LogP contribution >= 0.6 is 0 Å². The van der Waals surface area contributed by atoms with Crippen molar-refractivity contribution < 1.29 is 13.9 Å². The topological polar surface area (TPSA) is 69.6 Å². The van der Waals surface area contributed by atoms with Crippen molar-refractivity contribution in [1.82, 2.24) is 14.6 Å². The first-order chi connectivity index (χ1) is 6.72. The van der Waals surface area contributed by atoms with Crippen molar-refractivity contribution in [3.63, 3.8) is 0 Å². The summed E-state index contributed by atoms with van der Waals surface area (Å²) in [6.45, 7) is 3.79. The maximum Gasteiger partial charge on any atom is 0.396 e. The number of carbonyl (C=O) groups excluding carboxylic acids is 1. The van der Waals surface area contributed by atoms with Crippen LogP contribution in [-0.2, 0) is 4.74 Å². The lowest BCUT2D eigenvalue weighted by Crippen LogP contribution is -2.05. The van der Waals surface area contributed by atoms with E-state index in [4.69, 9.17) is 9.15 Å². The maximum atomic E-state index is 11.2. The number of hydrogen-bond donors (Lipinski definition) is 0. The molecule has 2 aromatic heterocycles. The van der Waals surface area contributed by atoms with Gasteiger partial charge in [0.15, 0.2) is 0 Å². The lowest BCUT2D eigenvalue weighted by Gasteiger charge is -1.93. The van der Waals surface area contributed by atoms with E-state index in [0.29, 0.717) is 18.1 Å². The van der Waals surface area contributed by atoms with E-state index in [0.717, 1.165) is 0 Å². The van der Waals surface area contributed by atoms with Gasteiger partial charge in [0.2, 0.25) is 5.71 Å². The molecule has 6 nitrogen and oxygen atoms in total. The fourth-order valence-electron chi connectivity index (χ4n) is 1.09. The smallest absolute Gasteiger partial charge is 0.396 e. The van der Waals surface area contributed by atoms with Crippen LogP contribution in [0.3, 0.4) is 0 Å². The van der Waals surface area contributed by atoms with Crippen LogP contribution in [0.5, 0.6) is 0 Å². The fourth-order valence-corrected chi connectivity index (χ4v) is 1.09. The second-order valence-electron chi connectivity index (χ2n) is 2.68. The van der Waals surface area contributed by atoms with Gasteiger partial charge in [0.1, 0.15) is 5.82 Å². The Hall–Kier alpha value is -1.85. The van der Waals surface area contributed by atoms with Crippen molar-refractivity contribution in [1.29, 1.82) is 0 Å². The van der Waals surface area contributed by atoms with Crippen LogP contribution in [0.15, 0.2) is 10.6 Å². The minimum absolute atomic E-state index is 0.0487. The summed E-state index contributed by atoms with van der Waals surface area (Å²) in [6, 6.07) is 0. The van der Waals surface area contributed by atoms with Crippen molar-refractivity contribution in [3.8, 4) is 0 Å². The zero-order valence-electron chi connectivity index (χ0n) is 7.85. The standard InChI is InChI=1S/C8H9N3O3/c1-3-13-8(12)7-10-11-5(2)9-4-6(11)14-7/h4H,3H2,1-2H3. The zero-order valence-corrected chi connectivity index (χ0v) is 7.85. The Bertz CT molecular complexity index is 471. The van der Waals surface area contributed by atoms with Gasteiger partial charge in [-0.05, 0) is 13.8 Å². The van der Waals surface area contributed by atoms with Gasteiger partial charge in [-0.3, -0.25) is 0 Å². The summed E-state index contributed by atoms with van der Waals surface area (Å²) in [5.74, 6) is 0.0576. The molecule has 0 fully saturated rings. The summed E-state index contributed by atoms with van der Waals surface area (Å²) in [6.07, 6.45) is 1.51. The molecule has 6 heteroatoms. The number of aryl methyl sites for hydroxylation is 1. The van der Waals surface area contributed by atoms with Crippen LogP contribution in [0.1, 0.15) is 23.4 Å². The van der Waals surface area contributed by atoms with Gasteiger partial charge in [-0.15, -0.1) is 5.10 Å². The predicted octanol–water partition coefficient (Wildman–Crippen LogP) is 0.807. The third-order valence-corrected chi connectivity index (χ3v) is 1.72. The quantitative estimate of drug-likeness (QED) is 0.663. The van der Waals surface area contributed by atoms with Gasteiger partial charge in [0.25, 0.3) is 0 Å². The lowest BCUT2D eigenvalue weighted by atomic mass is 10.7. The van der Waals surface area contributed by atoms with E-state index in [-0.39, 0.29) is 5.89 Å².